The molecule has 2 heterocycles. The van der Waals surface area contributed by atoms with E-state index < -0.39 is 12.1 Å². The first-order valence-corrected chi connectivity index (χ1v) is 7.46. The van der Waals surface area contributed by atoms with Gasteiger partial charge in [-0.3, -0.25) is 14.9 Å². The van der Waals surface area contributed by atoms with E-state index in [1.54, 1.807) is 18.2 Å². The van der Waals surface area contributed by atoms with Crippen LogP contribution in [-0.2, 0) is 4.79 Å². The van der Waals surface area contributed by atoms with E-state index in [9.17, 15) is 9.90 Å². The summed E-state index contributed by atoms with van der Waals surface area (Å²) in [6, 6.07) is 5.37. The molecule has 0 aromatic carbocycles. The van der Waals surface area contributed by atoms with E-state index in [1.807, 2.05) is 17.0 Å². The number of aliphatic hydroxyl groups excluding tert-OH is 1. The van der Waals surface area contributed by atoms with Gasteiger partial charge in [0.2, 0.25) is 0 Å². The van der Waals surface area contributed by atoms with Crippen molar-refractivity contribution in [3.63, 3.8) is 0 Å². The Morgan fingerprint density at radius 2 is 1.91 bits per heavy atom. The molecule has 0 radical (unpaired) electrons. The zero-order valence-electron chi connectivity index (χ0n) is 13.1. The molecule has 3 N–H and O–H groups in total. The number of hydrogen-bond acceptors (Lipinski definition) is 6. The molecule has 124 valence electrons. The topological polar surface area (TPSA) is 88.9 Å². The van der Waals surface area contributed by atoms with Crippen molar-refractivity contribution in [2.24, 2.45) is 0 Å². The maximum absolute atomic E-state index is 11.0. The van der Waals surface area contributed by atoms with Crippen molar-refractivity contribution < 1.29 is 15.1 Å². The number of nitrogens with zero attached hydrogens (tertiary/aromatic N) is 3. The predicted octanol–water partition coefficient (Wildman–Crippen LogP) is 0.179. The number of hydroxylamine groups is 1. The van der Waals surface area contributed by atoms with Crippen LogP contribution in [0, 0.1) is 0 Å². The van der Waals surface area contributed by atoms with Crippen molar-refractivity contribution in [2.45, 2.75) is 6.23 Å². The third kappa shape index (κ3) is 5.57. The highest BCUT2D eigenvalue weighted by Gasteiger charge is 2.18. The van der Waals surface area contributed by atoms with Gasteiger partial charge in [0.05, 0.1) is 11.4 Å². The van der Waals surface area contributed by atoms with Gasteiger partial charge in [0, 0.05) is 32.3 Å². The fourth-order valence-electron chi connectivity index (χ4n) is 2.25. The Morgan fingerprint density at radius 3 is 2.57 bits per heavy atom. The second-order valence-corrected chi connectivity index (χ2v) is 5.41. The zero-order valence-corrected chi connectivity index (χ0v) is 13.1. The molecule has 0 spiro atoms. The van der Waals surface area contributed by atoms with Crippen LogP contribution in [0.3, 0.4) is 0 Å². The van der Waals surface area contributed by atoms with Gasteiger partial charge >= 0.3 is 0 Å². The molecule has 0 saturated carbocycles. The van der Waals surface area contributed by atoms with Crippen molar-refractivity contribution in [2.75, 3.05) is 33.2 Å². The summed E-state index contributed by atoms with van der Waals surface area (Å²) in [7, 11) is 2.07. The number of piperazine rings is 1. The number of likely N-dealkylation sites (N-methyl/N-ethyl adjacent to an activating group) is 1. The Kier molecular flexibility index (Phi) is 6.42. The number of rotatable bonds is 5. The van der Waals surface area contributed by atoms with Crippen LogP contribution in [0.5, 0.6) is 0 Å². The van der Waals surface area contributed by atoms with Crippen LogP contribution in [0.25, 0.3) is 12.2 Å². The van der Waals surface area contributed by atoms with Crippen molar-refractivity contribution in [3.05, 3.63) is 41.7 Å². The summed E-state index contributed by atoms with van der Waals surface area (Å²) in [5.41, 5.74) is 2.79. The Hall–Kier alpha value is -2.06. The number of aromatic nitrogens is 1. The lowest BCUT2D eigenvalue weighted by Gasteiger charge is -2.34. The van der Waals surface area contributed by atoms with Crippen LogP contribution in [0.2, 0.25) is 0 Å². The zero-order chi connectivity index (χ0) is 16.7. The minimum absolute atomic E-state index is 0.588. The molecule has 7 heteroatoms. The van der Waals surface area contributed by atoms with Crippen LogP contribution in [0.15, 0.2) is 30.4 Å². The molecule has 1 aromatic rings. The number of amides is 1. The maximum Gasteiger partial charge on any atom is 0.267 e. The van der Waals surface area contributed by atoms with Crippen LogP contribution in [-0.4, -0.2) is 70.5 Å². The average Bonchev–Trinajstić information content (AvgIpc) is 2.58. The van der Waals surface area contributed by atoms with Crippen LogP contribution < -0.4 is 5.48 Å². The molecule has 1 atom stereocenters. The van der Waals surface area contributed by atoms with Gasteiger partial charge in [-0.1, -0.05) is 6.07 Å². The van der Waals surface area contributed by atoms with Crippen LogP contribution in [0.4, 0.5) is 0 Å². The SMILES string of the molecule is CN1CCN(C(O)/C=C/c2cccc(/C=C/C(=O)NO)n2)CC1. The van der Waals surface area contributed by atoms with E-state index in [-0.39, 0.29) is 0 Å². The third-order valence-corrected chi connectivity index (χ3v) is 3.66. The Morgan fingerprint density at radius 1 is 1.26 bits per heavy atom. The number of carbonyl (C=O) groups is 1. The number of pyridine rings is 1. The molecule has 0 bridgehead atoms. The molecular weight excluding hydrogens is 296 g/mol. The largest absolute Gasteiger partial charge is 0.375 e. The predicted molar refractivity (Wildman–Crippen MR) is 87.3 cm³/mol. The maximum atomic E-state index is 11.0. The Balaban J connectivity index is 1.96. The van der Waals surface area contributed by atoms with Crippen molar-refractivity contribution in [3.8, 4) is 0 Å². The second-order valence-electron chi connectivity index (χ2n) is 5.41. The van der Waals surface area contributed by atoms with Gasteiger partial charge in [-0.05, 0) is 37.4 Å². The third-order valence-electron chi connectivity index (χ3n) is 3.66. The van der Waals surface area contributed by atoms with E-state index in [2.05, 4.69) is 16.9 Å². The van der Waals surface area contributed by atoms with Gasteiger partial charge in [-0.15, -0.1) is 0 Å². The first-order chi connectivity index (χ1) is 11.1. The van der Waals surface area contributed by atoms with E-state index in [1.165, 1.54) is 17.6 Å². The fraction of sp³-hybridized carbons (Fsp3) is 0.375. The summed E-state index contributed by atoms with van der Waals surface area (Å²) in [6.07, 6.45) is 5.52. The van der Waals surface area contributed by atoms with Gasteiger partial charge in [-0.2, -0.15) is 0 Å². The molecular formula is C16H22N4O3. The van der Waals surface area contributed by atoms with Crippen molar-refractivity contribution in [1.82, 2.24) is 20.3 Å². The minimum Gasteiger partial charge on any atom is -0.375 e. The number of carbonyl (C=O) groups excluding carboxylic acids is 1. The first-order valence-electron chi connectivity index (χ1n) is 7.46. The molecule has 7 nitrogen and oxygen atoms in total. The summed E-state index contributed by atoms with van der Waals surface area (Å²) in [5, 5.41) is 18.6. The molecule has 1 unspecified atom stereocenters. The lowest BCUT2D eigenvalue weighted by molar-refractivity contribution is -0.124. The summed E-state index contributed by atoms with van der Waals surface area (Å²) < 4.78 is 0. The van der Waals surface area contributed by atoms with Gasteiger partial charge in [0.25, 0.3) is 5.91 Å². The molecule has 1 aliphatic heterocycles. The van der Waals surface area contributed by atoms with Gasteiger partial charge in [-0.25, -0.2) is 10.5 Å². The summed E-state index contributed by atoms with van der Waals surface area (Å²) in [4.78, 5) is 19.5. The fourth-order valence-corrected chi connectivity index (χ4v) is 2.25. The van der Waals surface area contributed by atoms with Gasteiger partial charge < -0.3 is 10.0 Å². The quantitative estimate of drug-likeness (QED) is 0.408. The second kappa shape index (κ2) is 8.54. The molecule has 1 aromatic heterocycles. The van der Waals surface area contributed by atoms with Gasteiger partial charge in [0.15, 0.2) is 0 Å². The summed E-state index contributed by atoms with van der Waals surface area (Å²) in [6.45, 7) is 3.54. The number of aliphatic hydroxyl groups is 1. The number of nitrogens with one attached hydrogen (secondary N) is 1. The smallest absolute Gasteiger partial charge is 0.267 e. The molecule has 1 fully saturated rings. The van der Waals surface area contributed by atoms with Crippen LogP contribution in [0.1, 0.15) is 11.4 Å². The van der Waals surface area contributed by atoms with Crippen molar-refractivity contribution >= 4 is 18.1 Å². The highest BCUT2D eigenvalue weighted by molar-refractivity contribution is 5.90. The lowest BCUT2D eigenvalue weighted by Crippen LogP contribution is -2.48. The molecule has 2 rings (SSSR count). The highest BCUT2D eigenvalue weighted by Crippen LogP contribution is 2.08. The molecule has 23 heavy (non-hydrogen) atoms. The van der Waals surface area contributed by atoms with Crippen LogP contribution >= 0.6 is 0 Å². The standard InChI is InChI=1S/C16H22N4O3/c1-19-9-11-20(12-10-19)16(22)8-6-14-4-2-3-13(17-14)5-7-15(21)18-23/h2-8,16,22-23H,9-12H2,1H3,(H,18,21)/b7-5+,8-6+. The molecule has 1 aliphatic rings. The number of hydrogen-bond donors (Lipinski definition) is 3. The highest BCUT2D eigenvalue weighted by atomic mass is 16.5. The molecule has 0 aliphatic carbocycles. The Bertz CT molecular complexity index is 580. The monoisotopic (exact) mass is 318 g/mol. The van der Waals surface area contributed by atoms with E-state index in [4.69, 9.17) is 5.21 Å². The average molecular weight is 318 g/mol. The minimum atomic E-state index is -0.634. The van der Waals surface area contributed by atoms with E-state index in [0.717, 1.165) is 26.2 Å². The lowest BCUT2D eigenvalue weighted by atomic mass is 10.2. The molecule has 1 amide bonds. The van der Waals surface area contributed by atoms with E-state index in [0.29, 0.717) is 11.4 Å². The van der Waals surface area contributed by atoms with Gasteiger partial charge in [0.1, 0.15) is 6.23 Å². The molecule has 1 saturated heterocycles. The normalized spacial score (nSPS) is 18.6. The summed E-state index contributed by atoms with van der Waals surface area (Å²) >= 11 is 0. The first kappa shape index (κ1) is 17.3. The van der Waals surface area contributed by atoms with E-state index >= 15 is 0 Å². The Labute approximate surface area is 135 Å². The van der Waals surface area contributed by atoms with Crippen molar-refractivity contribution in [1.29, 1.82) is 0 Å². The summed E-state index contributed by atoms with van der Waals surface area (Å²) in [5.74, 6) is -0.613.